The maximum Gasteiger partial charge on any atom is 0.344 e. The summed E-state index contributed by atoms with van der Waals surface area (Å²) in [6, 6.07) is 5.14. The van der Waals surface area contributed by atoms with Crippen LogP contribution in [0.1, 0.15) is 19.4 Å². The Labute approximate surface area is 155 Å². The summed E-state index contributed by atoms with van der Waals surface area (Å²) in [5.74, 6) is -1.82. The van der Waals surface area contributed by atoms with Gasteiger partial charge < -0.3 is 25.1 Å². The predicted octanol–water partition coefficient (Wildman–Crippen LogP) is 0.890. The fourth-order valence-corrected chi connectivity index (χ4v) is 2.77. The van der Waals surface area contributed by atoms with E-state index in [0.717, 1.165) is 5.52 Å². The number of nitrogens with one attached hydrogen (secondary N) is 3. The Morgan fingerprint density at radius 3 is 2.33 bits per heavy atom. The Hall–Kier alpha value is -3.36. The third-order valence-electron chi connectivity index (χ3n) is 4.00. The molecule has 0 fully saturated rings. The molecule has 0 bridgehead atoms. The molecule has 0 aliphatic heterocycles. The monoisotopic (exact) mass is 375 g/mol. The molecule has 2 amide bonds. The highest BCUT2D eigenvalue weighted by Crippen LogP contribution is 2.27. The van der Waals surface area contributed by atoms with Crippen molar-refractivity contribution >= 4 is 41.3 Å². The van der Waals surface area contributed by atoms with Crippen LogP contribution in [0.2, 0.25) is 0 Å². The van der Waals surface area contributed by atoms with Gasteiger partial charge in [0.25, 0.3) is 0 Å². The molecule has 0 saturated heterocycles. The fraction of sp³-hybridized carbons (Fsp3) is 0.333. The topological polar surface area (TPSA) is 127 Å². The second-order valence-corrected chi connectivity index (χ2v) is 5.62. The van der Waals surface area contributed by atoms with Gasteiger partial charge in [0.05, 0.1) is 13.2 Å². The normalized spacial score (nSPS) is 10.9. The molecule has 0 saturated carbocycles. The first-order valence-electron chi connectivity index (χ1n) is 8.38. The number of carbonyl (C=O) groups excluding carboxylic acids is 4. The summed E-state index contributed by atoms with van der Waals surface area (Å²) in [5.41, 5.74) is -0.180. The smallest absolute Gasteiger partial charge is 0.344 e. The first-order valence-corrected chi connectivity index (χ1v) is 8.38. The highest BCUT2D eigenvalue weighted by atomic mass is 16.6. The van der Waals surface area contributed by atoms with E-state index >= 15 is 0 Å². The van der Waals surface area contributed by atoms with Crippen molar-refractivity contribution in [3.05, 3.63) is 30.0 Å². The van der Waals surface area contributed by atoms with Crippen molar-refractivity contribution in [3.63, 3.8) is 0 Å². The summed E-state index contributed by atoms with van der Waals surface area (Å²) in [4.78, 5) is 50.1. The van der Waals surface area contributed by atoms with Gasteiger partial charge in [0.2, 0.25) is 18.4 Å². The molecular formula is C18H21N3O6. The van der Waals surface area contributed by atoms with E-state index in [9.17, 15) is 19.2 Å². The summed E-state index contributed by atoms with van der Waals surface area (Å²) < 4.78 is 10.0. The van der Waals surface area contributed by atoms with Gasteiger partial charge in [0, 0.05) is 29.2 Å². The van der Waals surface area contributed by atoms with E-state index in [-0.39, 0.29) is 26.0 Å². The lowest BCUT2D eigenvalue weighted by Crippen LogP contribution is -2.60. The highest BCUT2D eigenvalue weighted by molar-refractivity contribution is 6.07. The molecule has 2 aromatic rings. The SMILES string of the molecule is CCOC(=O)C(Cc1c[nH]c2ccc(NC=O)cc12)(NC=O)C(=O)OCC. The maximum absolute atomic E-state index is 12.6. The summed E-state index contributed by atoms with van der Waals surface area (Å²) in [7, 11) is 0. The van der Waals surface area contributed by atoms with E-state index in [4.69, 9.17) is 9.47 Å². The lowest BCUT2D eigenvalue weighted by atomic mass is 9.90. The van der Waals surface area contributed by atoms with Crippen LogP contribution in [0.15, 0.2) is 24.4 Å². The number of aromatic nitrogens is 1. The van der Waals surface area contributed by atoms with Crippen molar-refractivity contribution in [1.82, 2.24) is 10.3 Å². The Bertz CT molecular complexity index is 827. The minimum atomic E-state index is -2.02. The quantitative estimate of drug-likeness (QED) is 0.322. The Morgan fingerprint density at radius 1 is 1.11 bits per heavy atom. The van der Waals surface area contributed by atoms with E-state index in [1.54, 1.807) is 38.2 Å². The third kappa shape index (κ3) is 4.08. The lowest BCUT2D eigenvalue weighted by Gasteiger charge is -2.28. The Kier molecular flexibility index (Phi) is 6.53. The molecule has 27 heavy (non-hydrogen) atoms. The summed E-state index contributed by atoms with van der Waals surface area (Å²) >= 11 is 0. The average Bonchev–Trinajstić information content (AvgIpc) is 3.04. The third-order valence-corrected chi connectivity index (χ3v) is 4.00. The van der Waals surface area contributed by atoms with Gasteiger partial charge in [0.15, 0.2) is 0 Å². The number of ether oxygens (including phenoxy) is 2. The molecule has 0 radical (unpaired) electrons. The van der Waals surface area contributed by atoms with Crippen molar-refractivity contribution in [1.29, 1.82) is 0 Å². The van der Waals surface area contributed by atoms with Crippen molar-refractivity contribution in [2.45, 2.75) is 25.8 Å². The van der Waals surface area contributed by atoms with Crippen molar-refractivity contribution in [2.75, 3.05) is 18.5 Å². The fourth-order valence-electron chi connectivity index (χ4n) is 2.77. The van der Waals surface area contributed by atoms with Gasteiger partial charge in [-0.15, -0.1) is 0 Å². The molecule has 9 nitrogen and oxygen atoms in total. The van der Waals surface area contributed by atoms with E-state index in [1.165, 1.54) is 0 Å². The van der Waals surface area contributed by atoms with Crippen molar-refractivity contribution in [3.8, 4) is 0 Å². The van der Waals surface area contributed by atoms with E-state index in [0.29, 0.717) is 23.0 Å². The molecule has 1 heterocycles. The van der Waals surface area contributed by atoms with Crippen LogP contribution in [0.5, 0.6) is 0 Å². The lowest BCUT2D eigenvalue weighted by molar-refractivity contribution is -0.167. The number of amides is 2. The molecule has 3 N–H and O–H groups in total. The van der Waals surface area contributed by atoms with Crippen LogP contribution in [0.25, 0.3) is 10.9 Å². The second kappa shape index (κ2) is 8.84. The van der Waals surface area contributed by atoms with E-state index in [2.05, 4.69) is 15.6 Å². The van der Waals surface area contributed by atoms with Crippen LogP contribution in [-0.2, 0) is 35.1 Å². The van der Waals surface area contributed by atoms with Crippen LogP contribution >= 0.6 is 0 Å². The van der Waals surface area contributed by atoms with Crippen LogP contribution in [0.4, 0.5) is 5.69 Å². The average molecular weight is 375 g/mol. The molecule has 0 atom stereocenters. The number of hydrogen-bond donors (Lipinski definition) is 3. The van der Waals surface area contributed by atoms with Crippen molar-refractivity contribution < 1.29 is 28.7 Å². The van der Waals surface area contributed by atoms with Gasteiger partial charge in [-0.1, -0.05) is 0 Å². The molecule has 0 spiro atoms. The highest BCUT2D eigenvalue weighted by Gasteiger charge is 2.49. The largest absolute Gasteiger partial charge is 0.464 e. The van der Waals surface area contributed by atoms with Crippen LogP contribution in [-0.4, -0.2) is 48.5 Å². The molecule has 1 aromatic heterocycles. The first-order chi connectivity index (χ1) is 13.0. The van der Waals surface area contributed by atoms with Gasteiger partial charge in [-0.05, 0) is 37.6 Å². The molecular weight excluding hydrogens is 354 g/mol. The van der Waals surface area contributed by atoms with Crippen molar-refractivity contribution in [2.24, 2.45) is 0 Å². The van der Waals surface area contributed by atoms with Gasteiger partial charge in [0.1, 0.15) is 0 Å². The molecule has 2 rings (SSSR count). The second-order valence-electron chi connectivity index (χ2n) is 5.62. The zero-order valence-electron chi connectivity index (χ0n) is 15.0. The number of benzene rings is 1. The number of hydrogen-bond acceptors (Lipinski definition) is 6. The zero-order valence-corrected chi connectivity index (χ0v) is 15.0. The summed E-state index contributed by atoms with van der Waals surface area (Å²) in [6.45, 7) is 3.25. The summed E-state index contributed by atoms with van der Waals surface area (Å²) in [6.07, 6.45) is 2.24. The maximum atomic E-state index is 12.6. The van der Waals surface area contributed by atoms with Gasteiger partial charge >= 0.3 is 11.9 Å². The van der Waals surface area contributed by atoms with Gasteiger partial charge in [-0.2, -0.15) is 0 Å². The van der Waals surface area contributed by atoms with E-state index < -0.39 is 17.5 Å². The minimum Gasteiger partial charge on any atom is -0.464 e. The number of rotatable bonds is 10. The first kappa shape index (κ1) is 20.0. The Morgan fingerprint density at radius 2 is 1.78 bits per heavy atom. The molecule has 1 aromatic carbocycles. The zero-order chi connectivity index (χ0) is 19.9. The molecule has 9 heteroatoms. The number of fused-ring (bicyclic) bond motifs is 1. The van der Waals surface area contributed by atoms with Crippen LogP contribution in [0, 0.1) is 0 Å². The molecule has 0 aliphatic rings. The molecule has 144 valence electrons. The summed E-state index contributed by atoms with van der Waals surface area (Å²) in [5, 5.41) is 5.51. The molecule has 0 unspecified atom stereocenters. The van der Waals surface area contributed by atoms with Crippen LogP contribution < -0.4 is 10.6 Å². The minimum absolute atomic E-state index is 0.0296. The molecule has 0 aliphatic carbocycles. The van der Waals surface area contributed by atoms with Gasteiger partial charge in [-0.25, -0.2) is 9.59 Å². The van der Waals surface area contributed by atoms with E-state index in [1.807, 2.05) is 0 Å². The predicted molar refractivity (Wildman–Crippen MR) is 96.9 cm³/mol. The Balaban J connectivity index is 2.53. The number of esters is 2. The number of carbonyl (C=O) groups is 4. The number of aromatic amines is 1. The standard InChI is InChI=1S/C18H21N3O6/c1-3-26-16(24)18(21-11-23,17(25)27-4-2)8-12-9-19-15-6-5-13(20-10-22)7-14(12)15/h5-7,9-11,19H,3-4,8H2,1-2H3,(H,20,22)(H,21,23). The van der Waals surface area contributed by atoms with Gasteiger partial charge in [-0.3, -0.25) is 9.59 Å². The number of anilines is 1. The number of H-pyrrole nitrogens is 1. The van der Waals surface area contributed by atoms with Crippen LogP contribution in [0.3, 0.4) is 0 Å².